The topological polar surface area (TPSA) is 68.3 Å². The van der Waals surface area contributed by atoms with Crippen molar-refractivity contribution in [3.8, 4) is 17.6 Å². The van der Waals surface area contributed by atoms with Gasteiger partial charge in [-0.1, -0.05) is 12.5 Å². The Morgan fingerprint density at radius 3 is 2.71 bits per heavy atom. The van der Waals surface area contributed by atoms with E-state index in [-0.39, 0.29) is 18.2 Å². The lowest BCUT2D eigenvalue weighted by Crippen LogP contribution is -2.39. The molecule has 1 aromatic rings. The third kappa shape index (κ3) is 1.47. The highest BCUT2D eigenvalue weighted by Gasteiger charge is 2.43. The highest BCUT2D eigenvalue weighted by atomic mass is 16.7. The van der Waals surface area contributed by atoms with Crippen LogP contribution in [-0.4, -0.2) is 6.79 Å². The predicted octanol–water partition coefficient (Wildman–Crippen LogP) is 2.11. The smallest absolute Gasteiger partial charge is 0.231 e. The van der Waals surface area contributed by atoms with E-state index in [0.29, 0.717) is 0 Å². The number of fused-ring (bicyclic) bond motifs is 1. The zero-order valence-corrected chi connectivity index (χ0v) is 9.48. The van der Waals surface area contributed by atoms with E-state index in [1.54, 1.807) is 0 Å². The van der Waals surface area contributed by atoms with Crippen molar-refractivity contribution in [2.24, 2.45) is 11.1 Å². The summed E-state index contributed by atoms with van der Waals surface area (Å²) in [6.07, 6.45) is 2.87. The van der Waals surface area contributed by atoms with Crippen LogP contribution in [0.1, 0.15) is 30.9 Å². The van der Waals surface area contributed by atoms with Crippen LogP contribution in [0.3, 0.4) is 0 Å². The average Bonchev–Trinajstić information content (AvgIpc) is 2.74. The van der Waals surface area contributed by atoms with Gasteiger partial charge in [0.05, 0.1) is 11.5 Å². The average molecular weight is 230 g/mol. The van der Waals surface area contributed by atoms with Gasteiger partial charge >= 0.3 is 0 Å². The molecule has 4 nitrogen and oxygen atoms in total. The molecule has 0 radical (unpaired) electrons. The van der Waals surface area contributed by atoms with Gasteiger partial charge in [-0.2, -0.15) is 5.26 Å². The lowest BCUT2D eigenvalue weighted by Gasteiger charge is -2.40. The number of benzene rings is 1. The van der Waals surface area contributed by atoms with Crippen molar-refractivity contribution >= 4 is 0 Å². The highest BCUT2D eigenvalue weighted by Crippen LogP contribution is 2.49. The lowest BCUT2D eigenvalue weighted by molar-refractivity contribution is 0.168. The zero-order chi connectivity index (χ0) is 11.9. The van der Waals surface area contributed by atoms with Crippen LogP contribution >= 0.6 is 0 Å². The van der Waals surface area contributed by atoms with Crippen LogP contribution in [0.5, 0.6) is 11.5 Å². The minimum Gasteiger partial charge on any atom is -0.454 e. The van der Waals surface area contributed by atoms with E-state index in [0.717, 1.165) is 36.3 Å². The molecule has 0 spiro atoms. The Balaban J connectivity index is 1.92. The van der Waals surface area contributed by atoms with E-state index in [2.05, 4.69) is 6.07 Å². The number of hydrogen-bond acceptors (Lipinski definition) is 4. The maximum Gasteiger partial charge on any atom is 0.231 e. The van der Waals surface area contributed by atoms with Crippen LogP contribution in [0, 0.1) is 16.7 Å². The molecule has 0 aromatic heterocycles. The van der Waals surface area contributed by atoms with Crippen molar-refractivity contribution in [2.45, 2.75) is 25.3 Å². The van der Waals surface area contributed by atoms with Crippen molar-refractivity contribution in [2.75, 3.05) is 6.79 Å². The molecule has 1 heterocycles. The van der Waals surface area contributed by atoms with Crippen molar-refractivity contribution < 1.29 is 9.47 Å². The minimum absolute atomic E-state index is 0.240. The number of ether oxygens (including phenoxy) is 2. The molecule has 1 aliphatic carbocycles. The molecule has 1 aliphatic heterocycles. The van der Waals surface area contributed by atoms with E-state index < -0.39 is 0 Å². The monoisotopic (exact) mass is 230 g/mol. The summed E-state index contributed by atoms with van der Waals surface area (Å²) in [5.41, 5.74) is 6.79. The molecule has 3 rings (SSSR count). The van der Waals surface area contributed by atoms with Gasteiger partial charge in [-0.25, -0.2) is 0 Å². The minimum atomic E-state index is -0.381. The summed E-state index contributed by atoms with van der Waals surface area (Å²) >= 11 is 0. The summed E-state index contributed by atoms with van der Waals surface area (Å²) in [6.45, 7) is 0.261. The number of nitriles is 1. The quantitative estimate of drug-likeness (QED) is 0.844. The normalized spacial score (nSPS) is 21.4. The summed E-state index contributed by atoms with van der Waals surface area (Å²) in [4.78, 5) is 0. The molecule has 4 heteroatoms. The van der Waals surface area contributed by atoms with E-state index in [1.807, 2.05) is 18.2 Å². The van der Waals surface area contributed by atoms with Crippen molar-refractivity contribution in [3.05, 3.63) is 23.8 Å². The second kappa shape index (κ2) is 3.64. The number of nitrogens with zero attached hydrogens (tertiary/aromatic N) is 1. The largest absolute Gasteiger partial charge is 0.454 e. The highest BCUT2D eigenvalue weighted by molar-refractivity contribution is 5.46. The summed E-state index contributed by atoms with van der Waals surface area (Å²) in [6, 6.07) is 7.83. The van der Waals surface area contributed by atoms with Gasteiger partial charge in [0.25, 0.3) is 0 Å². The molecule has 1 unspecified atom stereocenters. The first-order valence-corrected chi connectivity index (χ1v) is 5.82. The van der Waals surface area contributed by atoms with Crippen LogP contribution in [0.15, 0.2) is 18.2 Å². The van der Waals surface area contributed by atoms with Gasteiger partial charge in [0, 0.05) is 6.04 Å². The zero-order valence-electron chi connectivity index (χ0n) is 9.48. The van der Waals surface area contributed by atoms with Crippen molar-refractivity contribution in [1.82, 2.24) is 0 Å². The fourth-order valence-electron chi connectivity index (χ4n) is 2.48. The first-order valence-electron chi connectivity index (χ1n) is 5.82. The Morgan fingerprint density at radius 2 is 2.06 bits per heavy atom. The second-order valence-corrected chi connectivity index (χ2v) is 4.71. The fourth-order valence-corrected chi connectivity index (χ4v) is 2.48. The maximum absolute atomic E-state index is 9.28. The Bertz CT molecular complexity index is 489. The summed E-state index contributed by atoms with van der Waals surface area (Å²) in [7, 11) is 0. The van der Waals surface area contributed by atoms with Gasteiger partial charge in [0.2, 0.25) is 6.79 Å². The Hall–Kier alpha value is -1.73. The van der Waals surface area contributed by atoms with E-state index in [9.17, 15) is 5.26 Å². The standard InChI is InChI=1S/C13H14N2O2/c14-7-13(4-1-5-13)12(15)9-2-3-10-11(6-9)17-8-16-10/h2-3,6,12H,1,4-5,8,15H2. The first kappa shape index (κ1) is 10.4. The molecule has 0 amide bonds. The van der Waals surface area contributed by atoms with E-state index in [1.165, 1.54) is 0 Å². The molecule has 1 aromatic carbocycles. The third-order valence-corrected chi connectivity index (χ3v) is 3.82. The summed E-state index contributed by atoms with van der Waals surface area (Å²) in [5, 5.41) is 9.28. The van der Waals surface area contributed by atoms with Crippen LogP contribution in [0.2, 0.25) is 0 Å². The summed E-state index contributed by atoms with van der Waals surface area (Å²) in [5.74, 6) is 1.48. The maximum atomic E-state index is 9.28. The molecule has 2 aliphatic rings. The summed E-state index contributed by atoms with van der Waals surface area (Å²) < 4.78 is 10.6. The first-order chi connectivity index (χ1) is 8.25. The number of hydrogen-bond donors (Lipinski definition) is 1. The predicted molar refractivity (Wildman–Crippen MR) is 61.4 cm³/mol. The molecule has 1 saturated carbocycles. The Morgan fingerprint density at radius 1 is 1.29 bits per heavy atom. The third-order valence-electron chi connectivity index (χ3n) is 3.82. The van der Waals surface area contributed by atoms with Gasteiger partial charge < -0.3 is 15.2 Å². The molecule has 0 bridgehead atoms. The van der Waals surface area contributed by atoms with Crippen molar-refractivity contribution in [3.63, 3.8) is 0 Å². The second-order valence-electron chi connectivity index (χ2n) is 4.71. The van der Waals surface area contributed by atoms with E-state index >= 15 is 0 Å². The molecule has 0 saturated heterocycles. The van der Waals surface area contributed by atoms with Gasteiger partial charge in [0.1, 0.15) is 0 Å². The van der Waals surface area contributed by atoms with Crippen LogP contribution in [0.4, 0.5) is 0 Å². The van der Waals surface area contributed by atoms with Gasteiger partial charge in [-0.15, -0.1) is 0 Å². The van der Waals surface area contributed by atoms with Crippen LogP contribution in [-0.2, 0) is 0 Å². The molecule has 1 atom stereocenters. The van der Waals surface area contributed by atoms with Gasteiger partial charge in [-0.3, -0.25) is 0 Å². The molecule has 1 fully saturated rings. The molecular weight excluding hydrogens is 216 g/mol. The number of nitrogens with two attached hydrogens (primary N) is 1. The fraction of sp³-hybridized carbons (Fsp3) is 0.462. The Kier molecular flexibility index (Phi) is 2.23. The number of rotatable bonds is 2. The van der Waals surface area contributed by atoms with Gasteiger partial charge in [-0.05, 0) is 30.5 Å². The van der Waals surface area contributed by atoms with Gasteiger partial charge in [0.15, 0.2) is 11.5 Å². The molecular formula is C13H14N2O2. The van der Waals surface area contributed by atoms with Crippen LogP contribution < -0.4 is 15.2 Å². The molecule has 88 valence electrons. The molecule has 17 heavy (non-hydrogen) atoms. The lowest BCUT2D eigenvalue weighted by atomic mass is 9.64. The van der Waals surface area contributed by atoms with E-state index in [4.69, 9.17) is 15.2 Å². The molecule has 2 N–H and O–H groups in total. The Labute approximate surface area is 99.9 Å². The van der Waals surface area contributed by atoms with Crippen LogP contribution in [0.25, 0.3) is 0 Å². The SMILES string of the molecule is N#CC1(C(N)c2ccc3c(c2)OCO3)CCC1. The van der Waals surface area contributed by atoms with Crippen molar-refractivity contribution in [1.29, 1.82) is 5.26 Å².